The lowest BCUT2D eigenvalue weighted by molar-refractivity contribution is -0.140. The highest BCUT2D eigenvalue weighted by molar-refractivity contribution is 5.73. The Labute approximate surface area is 47.6 Å². The number of hydrogen-bond acceptors (Lipinski definition) is 4. The molecule has 0 unspecified atom stereocenters. The molecule has 0 aromatic heterocycles. The molecule has 0 fully saturated rings. The highest BCUT2D eigenvalue weighted by Gasteiger charge is 2.09. The molecule has 0 heterocycles. The van der Waals surface area contributed by atoms with E-state index in [0.717, 1.165) is 0 Å². The van der Waals surface area contributed by atoms with Gasteiger partial charge in [-0.05, 0) is 0 Å². The van der Waals surface area contributed by atoms with Gasteiger partial charge < -0.3 is 15.7 Å². The first-order valence-corrected chi connectivity index (χ1v) is 1.95. The average molecular weight is 121 g/mol. The van der Waals surface area contributed by atoms with Crippen LogP contribution < -0.4 is 11.6 Å². The Balaban J connectivity index is 3.27. The van der Waals surface area contributed by atoms with Crippen LogP contribution in [0.2, 0.25) is 1.41 Å². The fraction of sp³-hybridized carbons (Fsp3) is 0.667. The van der Waals surface area contributed by atoms with Gasteiger partial charge in [-0.3, -0.25) is 4.79 Å². The van der Waals surface area contributed by atoms with Crippen LogP contribution in [0.5, 0.6) is 0 Å². The number of rotatable bonds is 4. The van der Waals surface area contributed by atoms with Crippen LogP contribution in [0.15, 0.2) is 0 Å². The smallest absolute Gasteiger partial charge is 0.322 e. The van der Waals surface area contributed by atoms with Gasteiger partial charge in [0.15, 0.2) is 1.41 Å². The number of nitrogens with two attached hydrogens (primary N) is 2. The SMILES string of the molecule is [2H]NOC[C@H](N)C(=O)O. The second-order valence-electron chi connectivity index (χ2n) is 1.26. The number of carboxylic acids is 1. The van der Waals surface area contributed by atoms with Crippen LogP contribution in [0.25, 0.3) is 0 Å². The van der Waals surface area contributed by atoms with Gasteiger partial charge in [-0.15, -0.1) is 0 Å². The molecule has 0 aliphatic heterocycles. The van der Waals surface area contributed by atoms with E-state index in [1.165, 1.54) is 0 Å². The Kier molecular flexibility index (Phi) is 2.31. The number of hydrogen-bond donors (Lipinski definition) is 3. The molecule has 0 aromatic rings. The minimum absolute atomic E-state index is 0.209. The van der Waals surface area contributed by atoms with Gasteiger partial charge in [0.1, 0.15) is 6.04 Å². The van der Waals surface area contributed by atoms with Gasteiger partial charge in [0.05, 0.1) is 6.61 Å². The summed E-state index contributed by atoms with van der Waals surface area (Å²) in [5, 5.41) is 8.11. The van der Waals surface area contributed by atoms with Gasteiger partial charge in [0, 0.05) is 0 Å². The van der Waals surface area contributed by atoms with Crippen molar-refractivity contribution in [2.75, 3.05) is 6.61 Å². The van der Waals surface area contributed by atoms with Crippen LogP contribution in [0.3, 0.4) is 0 Å². The summed E-state index contributed by atoms with van der Waals surface area (Å²) in [5.41, 5.74) is 4.95. The molecule has 0 saturated carbocycles. The van der Waals surface area contributed by atoms with E-state index < -0.39 is 12.0 Å². The molecule has 5 nitrogen and oxygen atoms in total. The van der Waals surface area contributed by atoms with Crippen molar-refractivity contribution in [1.29, 1.82) is 0 Å². The van der Waals surface area contributed by atoms with E-state index in [-0.39, 0.29) is 6.61 Å². The van der Waals surface area contributed by atoms with Crippen LogP contribution in [0, 0.1) is 0 Å². The fourth-order valence-corrected chi connectivity index (χ4v) is 0.161. The summed E-state index contributed by atoms with van der Waals surface area (Å²) in [7, 11) is 0. The van der Waals surface area contributed by atoms with Crippen LogP contribution in [0.4, 0.5) is 0 Å². The molecule has 0 aliphatic rings. The van der Waals surface area contributed by atoms with Gasteiger partial charge >= 0.3 is 5.97 Å². The largest absolute Gasteiger partial charge is 0.480 e. The maximum atomic E-state index is 9.91. The van der Waals surface area contributed by atoms with Gasteiger partial charge in [0.2, 0.25) is 0 Å². The Bertz CT molecular complexity index is 99.1. The van der Waals surface area contributed by atoms with Crippen LogP contribution in [0.1, 0.15) is 0 Å². The Hall–Kier alpha value is -0.650. The lowest BCUT2D eigenvalue weighted by Gasteiger charge is -2.00. The van der Waals surface area contributed by atoms with E-state index in [1.54, 1.807) is 5.89 Å². The van der Waals surface area contributed by atoms with Gasteiger partial charge in [-0.25, -0.2) is 5.89 Å². The summed E-state index contributed by atoms with van der Waals surface area (Å²) in [6, 6.07) is -1.07. The molecule has 0 aromatic carbocycles. The minimum atomic E-state index is -1.15. The molecule has 5 heteroatoms. The molecule has 48 valence electrons. The van der Waals surface area contributed by atoms with E-state index in [4.69, 9.17) is 12.3 Å². The van der Waals surface area contributed by atoms with E-state index in [2.05, 4.69) is 4.84 Å². The first-order chi connectivity index (χ1) is 4.18. The predicted octanol–water partition coefficient (Wildman–Crippen LogP) is -1.71. The summed E-state index contributed by atoms with van der Waals surface area (Å²) in [6.45, 7) is -0.209. The molecule has 5 N–H and O–H groups in total. The molecular weight excluding hydrogens is 112 g/mol. The van der Waals surface area contributed by atoms with Crippen molar-refractivity contribution in [2.24, 2.45) is 11.6 Å². The molecule has 0 amide bonds. The second kappa shape index (κ2) is 3.36. The van der Waals surface area contributed by atoms with Gasteiger partial charge in [-0.2, -0.15) is 0 Å². The zero-order valence-corrected chi connectivity index (χ0v) is 4.13. The lowest BCUT2D eigenvalue weighted by Crippen LogP contribution is -2.35. The molecule has 0 radical (unpaired) electrons. The predicted molar refractivity (Wildman–Crippen MR) is 25.8 cm³/mol. The van der Waals surface area contributed by atoms with Crippen LogP contribution >= 0.6 is 0 Å². The normalized spacial score (nSPS) is 14.9. The van der Waals surface area contributed by atoms with E-state index in [1.807, 2.05) is 0 Å². The highest BCUT2D eigenvalue weighted by atomic mass is 16.6. The minimum Gasteiger partial charge on any atom is -0.480 e. The second-order valence-corrected chi connectivity index (χ2v) is 1.26. The lowest BCUT2D eigenvalue weighted by atomic mass is 10.3. The third-order valence-corrected chi connectivity index (χ3v) is 0.580. The molecule has 0 bridgehead atoms. The molecule has 1 atom stereocenters. The molecule has 0 rings (SSSR count). The van der Waals surface area contributed by atoms with Gasteiger partial charge in [0.25, 0.3) is 0 Å². The molecule has 0 aliphatic carbocycles. The Morgan fingerprint density at radius 1 is 2.12 bits per heavy atom. The zero-order valence-electron chi connectivity index (χ0n) is 5.13. The van der Waals surface area contributed by atoms with E-state index >= 15 is 0 Å². The van der Waals surface area contributed by atoms with Gasteiger partial charge in [-0.1, -0.05) is 0 Å². The number of aliphatic carboxylic acids is 1. The molecule has 8 heavy (non-hydrogen) atoms. The monoisotopic (exact) mass is 121 g/mol. The standard InChI is InChI=1S/C3H8N2O3/c4-2(1-8-5)3(6)7/h2H,1,4-5H2,(H,6,7)/t2-/m0/s1/i5D. The zero-order chi connectivity index (χ0) is 7.28. The summed E-state index contributed by atoms with van der Waals surface area (Å²) in [4.78, 5) is 14.1. The van der Waals surface area contributed by atoms with Crippen LogP contribution in [-0.4, -0.2) is 23.7 Å². The fourth-order valence-electron chi connectivity index (χ4n) is 0.161. The molecule has 0 saturated heterocycles. The Morgan fingerprint density at radius 3 is 3.12 bits per heavy atom. The van der Waals surface area contributed by atoms with E-state index in [0.29, 0.717) is 0 Å². The quantitative estimate of drug-likeness (QED) is 0.384. The van der Waals surface area contributed by atoms with Crippen LogP contribution in [-0.2, 0) is 9.63 Å². The topological polar surface area (TPSA) is 98.6 Å². The van der Waals surface area contributed by atoms with Crippen molar-refractivity contribution in [3.8, 4) is 0 Å². The maximum Gasteiger partial charge on any atom is 0.322 e. The van der Waals surface area contributed by atoms with Crippen molar-refractivity contribution >= 4 is 5.97 Å². The third-order valence-electron chi connectivity index (χ3n) is 0.580. The van der Waals surface area contributed by atoms with Crippen molar-refractivity contribution in [3.05, 3.63) is 0 Å². The summed E-state index contributed by atoms with van der Waals surface area (Å²) in [6.07, 6.45) is 0. The summed E-state index contributed by atoms with van der Waals surface area (Å²) in [5.74, 6) is 0.412. The first kappa shape index (κ1) is 5.49. The highest BCUT2D eigenvalue weighted by Crippen LogP contribution is 1.75. The summed E-state index contributed by atoms with van der Waals surface area (Å²) < 4.78 is 6.22. The van der Waals surface area contributed by atoms with Crippen molar-refractivity contribution < 1.29 is 16.2 Å². The summed E-state index contributed by atoms with van der Waals surface area (Å²) >= 11 is 0. The van der Waals surface area contributed by atoms with Crippen molar-refractivity contribution in [2.45, 2.75) is 6.04 Å². The molecular formula is C3H8N2O3. The number of carboxylic acid groups (broad SMARTS) is 1. The van der Waals surface area contributed by atoms with Crippen molar-refractivity contribution in [1.82, 2.24) is 0 Å². The first-order valence-electron chi connectivity index (χ1n) is 2.45. The van der Waals surface area contributed by atoms with Crippen molar-refractivity contribution in [3.63, 3.8) is 0 Å². The molecule has 0 spiro atoms. The third kappa shape index (κ3) is 2.51. The average Bonchev–Trinajstić information content (AvgIpc) is 1.82. The number of carbonyl (C=O) groups is 1. The van der Waals surface area contributed by atoms with E-state index in [9.17, 15) is 4.79 Å². The Morgan fingerprint density at radius 2 is 2.75 bits per heavy atom. The maximum absolute atomic E-state index is 9.91.